The van der Waals surface area contributed by atoms with Gasteiger partial charge in [-0.2, -0.15) is 0 Å². The van der Waals surface area contributed by atoms with Crippen LogP contribution in [0.2, 0.25) is 0 Å². The van der Waals surface area contributed by atoms with Gasteiger partial charge in [0.2, 0.25) is 17.7 Å². The Hall–Kier alpha value is -2.21. The lowest BCUT2D eigenvalue weighted by atomic mass is 9.81. The number of fused-ring (bicyclic) bond motifs is 1. The predicted molar refractivity (Wildman–Crippen MR) is 105 cm³/mol. The SMILES string of the molecule is O=C(CN1C(=O)C2CCCCC2C1=O)NC1CCN(Cc2ccccc2)CC1. The Bertz CT molecular complexity index is 704. The number of carbonyl (C=O) groups is 3. The first-order valence-electron chi connectivity index (χ1n) is 10.5. The lowest BCUT2D eigenvalue weighted by molar-refractivity contribution is -0.143. The summed E-state index contributed by atoms with van der Waals surface area (Å²) < 4.78 is 0. The highest BCUT2D eigenvalue weighted by atomic mass is 16.2. The molecule has 2 heterocycles. The molecule has 3 fully saturated rings. The van der Waals surface area contributed by atoms with E-state index in [9.17, 15) is 14.4 Å². The van der Waals surface area contributed by atoms with E-state index < -0.39 is 0 Å². The molecule has 150 valence electrons. The summed E-state index contributed by atoms with van der Waals surface area (Å²) in [6.45, 7) is 2.69. The van der Waals surface area contributed by atoms with E-state index >= 15 is 0 Å². The minimum Gasteiger partial charge on any atom is -0.352 e. The molecule has 6 heteroatoms. The van der Waals surface area contributed by atoms with Gasteiger partial charge in [-0.1, -0.05) is 43.2 Å². The second-order valence-electron chi connectivity index (χ2n) is 8.36. The molecule has 28 heavy (non-hydrogen) atoms. The Morgan fingerprint density at radius 2 is 1.54 bits per heavy atom. The average molecular weight is 383 g/mol. The largest absolute Gasteiger partial charge is 0.352 e. The van der Waals surface area contributed by atoms with E-state index in [1.165, 1.54) is 10.5 Å². The van der Waals surface area contributed by atoms with E-state index in [-0.39, 0.29) is 42.1 Å². The van der Waals surface area contributed by atoms with Crippen molar-refractivity contribution in [1.29, 1.82) is 0 Å². The molecule has 2 aliphatic heterocycles. The molecule has 1 saturated carbocycles. The van der Waals surface area contributed by atoms with E-state index in [1.54, 1.807) is 0 Å². The Kier molecular flexibility index (Phi) is 5.76. The van der Waals surface area contributed by atoms with Crippen molar-refractivity contribution in [3.8, 4) is 0 Å². The quantitative estimate of drug-likeness (QED) is 0.789. The summed E-state index contributed by atoms with van der Waals surface area (Å²) in [5.74, 6) is -0.850. The Morgan fingerprint density at radius 3 is 2.14 bits per heavy atom. The van der Waals surface area contributed by atoms with E-state index in [0.29, 0.717) is 0 Å². The van der Waals surface area contributed by atoms with E-state index in [2.05, 4.69) is 34.5 Å². The van der Waals surface area contributed by atoms with Crippen LogP contribution >= 0.6 is 0 Å². The zero-order valence-electron chi connectivity index (χ0n) is 16.3. The van der Waals surface area contributed by atoms with Crippen LogP contribution in [0.3, 0.4) is 0 Å². The van der Waals surface area contributed by atoms with Gasteiger partial charge >= 0.3 is 0 Å². The van der Waals surface area contributed by atoms with Crippen molar-refractivity contribution in [3.05, 3.63) is 35.9 Å². The van der Waals surface area contributed by atoms with Crippen LogP contribution in [-0.4, -0.2) is 53.2 Å². The van der Waals surface area contributed by atoms with Gasteiger partial charge in [-0.25, -0.2) is 0 Å². The maximum Gasteiger partial charge on any atom is 0.240 e. The summed E-state index contributed by atoms with van der Waals surface area (Å²) in [6, 6.07) is 10.5. The number of imide groups is 1. The summed E-state index contributed by atoms with van der Waals surface area (Å²) >= 11 is 0. The number of carbonyl (C=O) groups excluding carboxylic acids is 3. The van der Waals surface area contributed by atoms with Crippen molar-refractivity contribution >= 4 is 17.7 Å². The third kappa shape index (κ3) is 4.12. The summed E-state index contributed by atoms with van der Waals surface area (Å²) in [7, 11) is 0. The molecule has 2 atom stereocenters. The Labute approximate surface area is 166 Å². The first-order valence-corrected chi connectivity index (χ1v) is 10.5. The molecule has 4 rings (SSSR count). The summed E-state index contributed by atoms with van der Waals surface area (Å²) in [4.78, 5) is 41.1. The van der Waals surface area contributed by atoms with Gasteiger partial charge in [-0.05, 0) is 31.2 Å². The fraction of sp³-hybridized carbons (Fsp3) is 0.591. The molecule has 3 amide bonds. The number of piperidine rings is 1. The highest BCUT2D eigenvalue weighted by molar-refractivity contribution is 6.07. The van der Waals surface area contributed by atoms with Crippen molar-refractivity contribution in [2.45, 2.75) is 51.1 Å². The van der Waals surface area contributed by atoms with Gasteiger partial charge in [0.1, 0.15) is 6.54 Å². The maximum atomic E-state index is 12.5. The van der Waals surface area contributed by atoms with E-state index in [4.69, 9.17) is 0 Å². The number of hydrogen-bond acceptors (Lipinski definition) is 4. The molecule has 0 bridgehead atoms. The van der Waals surface area contributed by atoms with Crippen LogP contribution in [0.1, 0.15) is 44.1 Å². The average Bonchev–Trinajstić information content (AvgIpc) is 2.95. The standard InChI is InChI=1S/C22H29N3O3/c26-20(15-25-21(27)18-8-4-5-9-19(18)22(25)28)23-17-10-12-24(13-11-17)14-16-6-2-1-3-7-16/h1-3,6-7,17-19H,4-5,8-15H2,(H,23,26). The molecular formula is C22H29N3O3. The van der Waals surface area contributed by atoms with Crippen LogP contribution in [0, 0.1) is 11.8 Å². The van der Waals surface area contributed by atoms with Gasteiger partial charge in [0.15, 0.2) is 0 Å². The van der Waals surface area contributed by atoms with Gasteiger partial charge in [0.25, 0.3) is 0 Å². The van der Waals surface area contributed by atoms with Crippen molar-refractivity contribution in [3.63, 3.8) is 0 Å². The highest BCUT2D eigenvalue weighted by Gasteiger charge is 2.48. The molecular weight excluding hydrogens is 354 g/mol. The highest BCUT2D eigenvalue weighted by Crippen LogP contribution is 2.37. The predicted octanol–water partition coefficient (Wildman–Crippen LogP) is 1.94. The number of nitrogens with zero attached hydrogens (tertiary/aromatic N) is 2. The number of likely N-dealkylation sites (tertiary alicyclic amines) is 2. The summed E-state index contributed by atoms with van der Waals surface area (Å²) in [6.07, 6.45) is 5.36. The number of rotatable bonds is 5. The molecule has 0 radical (unpaired) electrons. The van der Waals surface area contributed by atoms with E-state index in [1.807, 2.05) is 6.07 Å². The van der Waals surface area contributed by atoms with Crippen LogP contribution in [0.4, 0.5) is 0 Å². The first kappa shape index (κ1) is 19.1. The third-order valence-corrected chi connectivity index (χ3v) is 6.44. The molecule has 2 unspecified atom stereocenters. The second kappa shape index (κ2) is 8.43. The Balaban J connectivity index is 1.24. The number of hydrogen-bond donors (Lipinski definition) is 1. The van der Waals surface area contributed by atoms with Crippen LogP contribution < -0.4 is 5.32 Å². The maximum absolute atomic E-state index is 12.5. The van der Waals surface area contributed by atoms with Crippen molar-refractivity contribution < 1.29 is 14.4 Å². The number of benzene rings is 1. The lowest BCUT2D eigenvalue weighted by Gasteiger charge is -2.32. The van der Waals surface area contributed by atoms with Gasteiger partial charge in [-0.15, -0.1) is 0 Å². The number of amides is 3. The smallest absolute Gasteiger partial charge is 0.240 e. The summed E-state index contributed by atoms with van der Waals surface area (Å²) in [5.41, 5.74) is 1.30. The van der Waals surface area contributed by atoms with Gasteiger partial charge in [0.05, 0.1) is 11.8 Å². The van der Waals surface area contributed by atoms with Crippen LogP contribution in [0.5, 0.6) is 0 Å². The van der Waals surface area contributed by atoms with Gasteiger partial charge in [-0.3, -0.25) is 24.2 Å². The van der Waals surface area contributed by atoms with Crippen molar-refractivity contribution in [1.82, 2.24) is 15.1 Å². The van der Waals surface area contributed by atoms with Gasteiger partial charge < -0.3 is 5.32 Å². The van der Waals surface area contributed by atoms with Crippen LogP contribution in [0.15, 0.2) is 30.3 Å². The zero-order chi connectivity index (χ0) is 19.5. The fourth-order valence-electron chi connectivity index (χ4n) is 4.88. The lowest BCUT2D eigenvalue weighted by Crippen LogP contribution is -2.48. The minimum absolute atomic E-state index is 0.116. The molecule has 0 aromatic heterocycles. The molecule has 1 aromatic carbocycles. The molecule has 0 spiro atoms. The molecule has 6 nitrogen and oxygen atoms in total. The van der Waals surface area contributed by atoms with E-state index in [0.717, 1.165) is 58.2 Å². The van der Waals surface area contributed by atoms with Crippen LogP contribution in [0.25, 0.3) is 0 Å². The molecule has 2 saturated heterocycles. The molecule has 1 aromatic rings. The summed E-state index contributed by atoms with van der Waals surface area (Å²) in [5, 5.41) is 3.04. The topological polar surface area (TPSA) is 69.7 Å². The van der Waals surface area contributed by atoms with Crippen molar-refractivity contribution in [2.24, 2.45) is 11.8 Å². The monoisotopic (exact) mass is 383 g/mol. The zero-order valence-corrected chi connectivity index (χ0v) is 16.3. The fourth-order valence-corrected chi connectivity index (χ4v) is 4.88. The third-order valence-electron chi connectivity index (χ3n) is 6.44. The molecule has 1 N–H and O–H groups in total. The minimum atomic E-state index is -0.207. The molecule has 3 aliphatic rings. The first-order chi connectivity index (χ1) is 13.6. The number of nitrogens with one attached hydrogen (secondary N) is 1. The Morgan fingerprint density at radius 1 is 0.929 bits per heavy atom. The van der Waals surface area contributed by atoms with Crippen molar-refractivity contribution in [2.75, 3.05) is 19.6 Å². The van der Waals surface area contributed by atoms with Crippen LogP contribution in [-0.2, 0) is 20.9 Å². The van der Waals surface area contributed by atoms with Gasteiger partial charge in [0, 0.05) is 25.7 Å². The normalized spacial score (nSPS) is 26.4. The second-order valence-corrected chi connectivity index (χ2v) is 8.36. The molecule has 1 aliphatic carbocycles.